The van der Waals surface area contributed by atoms with E-state index in [9.17, 15) is 4.79 Å². The van der Waals surface area contributed by atoms with E-state index in [0.29, 0.717) is 17.3 Å². The van der Waals surface area contributed by atoms with E-state index < -0.39 is 11.4 Å². The molecule has 0 aliphatic carbocycles. The summed E-state index contributed by atoms with van der Waals surface area (Å²) in [5.74, 6) is 0.935. The fourth-order valence-corrected chi connectivity index (χ4v) is 1.88. The largest absolute Gasteiger partial charge is 0.368 e. The lowest BCUT2D eigenvalue weighted by Crippen LogP contribution is -2.49. The summed E-state index contributed by atoms with van der Waals surface area (Å²) in [4.78, 5) is 15.0. The van der Waals surface area contributed by atoms with Crippen molar-refractivity contribution in [3.63, 3.8) is 0 Å². The zero-order chi connectivity index (χ0) is 11.5. The van der Waals surface area contributed by atoms with E-state index in [0.717, 1.165) is 5.82 Å². The highest BCUT2D eigenvalue weighted by Crippen LogP contribution is 2.17. The molecular weight excluding hydrogens is 214 g/mol. The summed E-state index contributed by atoms with van der Waals surface area (Å²) >= 11 is 1.44. The van der Waals surface area contributed by atoms with Crippen LogP contribution in [0.1, 0.15) is 19.2 Å². The molecule has 0 spiro atoms. The lowest BCUT2D eigenvalue weighted by Gasteiger charge is -2.19. The van der Waals surface area contributed by atoms with Crippen molar-refractivity contribution < 1.29 is 4.79 Å². The summed E-state index contributed by atoms with van der Waals surface area (Å²) in [7, 11) is 0. The molecule has 0 radical (unpaired) electrons. The molecule has 0 saturated heterocycles. The lowest BCUT2D eigenvalue weighted by atomic mass is 10.0. The normalized spacial score (nSPS) is 14.9. The monoisotopic (exact) mass is 229 g/mol. The van der Waals surface area contributed by atoms with Gasteiger partial charge in [-0.15, -0.1) is 5.10 Å². The molecule has 1 aromatic rings. The zero-order valence-corrected chi connectivity index (χ0v) is 9.60. The number of aryl methyl sites for hydroxylation is 1. The number of carbonyl (C=O) groups is 1. The molecule has 0 bridgehead atoms. The Labute approximate surface area is 92.2 Å². The molecular formula is C8H15N5OS. The van der Waals surface area contributed by atoms with Gasteiger partial charge in [0.15, 0.2) is 0 Å². The van der Waals surface area contributed by atoms with Crippen molar-refractivity contribution in [3.8, 4) is 0 Å². The van der Waals surface area contributed by atoms with Gasteiger partial charge in [0.05, 0.1) is 5.54 Å². The maximum atomic E-state index is 10.9. The molecule has 7 heteroatoms. The van der Waals surface area contributed by atoms with E-state index in [-0.39, 0.29) is 0 Å². The van der Waals surface area contributed by atoms with Crippen molar-refractivity contribution in [2.75, 3.05) is 5.75 Å². The van der Waals surface area contributed by atoms with Crippen molar-refractivity contribution in [2.45, 2.75) is 31.0 Å². The number of nitrogens with zero attached hydrogens (tertiary/aromatic N) is 2. The molecule has 0 fully saturated rings. The summed E-state index contributed by atoms with van der Waals surface area (Å²) in [5, 5.41) is 7.34. The van der Waals surface area contributed by atoms with Gasteiger partial charge in [-0.25, -0.2) is 4.98 Å². The molecule has 84 valence electrons. The second kappa shape index (κ2) is 4.63. The first kappa shape index (κ1) is 12.0. The van der Waals surface area contributed by atoms with Gasteiger partial charge >= 0.3 is 0 Å². The summed E-state index contributed by atoms with van der Waals surface area (Å²) in [6.07, 6.45) is 0.501. The van der Waals surface area contributed by atoms with Crippen LogP contribution in [0.4, 0.5) is 0 Å². The average Bonchev–Trinajstić information content (AvgIpc) is 2.51. The summed E-state index contributed by atoms with van der Waals surface area (Å²) in [6.45, 7) is 3.45. The second-order valence-corrected chi connectivity index (χ2v) is 4.65. The topological polar surface area (TPSA) is 111 Å². The lowest BCUT2D eigenvalue weighted by molar-refractivity contribution is -0.122. The Morgan fingerprint density at radius 2 is 2.33 bits per heavy atom. The third-order valence-electron chi connectivity index (χ3n) is 1.99. The third-order valence-corrected chi connectivity index (χ3v) is 2.84. The highest BCUT2D eigenvalue weighted by Gasteiger charge is 2.25. The Hall–Kier alpha value is -1.08. The zero-order valence-electron chi connectivity index (χ0n) is 8.78. The smallest absolute Gasteiger partial charge is 0.237 e. The minimum absolute atomic E-state index is 0.491. The van der Waals surface area contributed by atoms with Crippen LogP contribution in [0.5, 0.6) is 0 Å². The maximum absolute atomic E-state index is 10.9. The van der Waals surface area contributed by atoms with Gasteiger partial charge in [0.1, 0.15) is 5.82 Å². The van der Waals surface area contributed by atoms with Crippen molar-refractivity contribution >= 4 is 17.7 Å². The number of hydrogen-bond acceptors (Lipinski definition) is 5. The average molecular weight is 229 g/mol. The second-order valence-electron chi connectivity index (χ2n) is 3.58. The number of rotatable bonds is 5. The van der Waals surface area contributed by atoms with Crippen molar-refractivity contribution in [1.29, 1.82) is 0 Å². The third kappa shape index (κ3) is 3.52. The minimum Gasteiger partial charge on any atom is -0.368 e. The van der Waals surface area contributed by atoms with Crippen molar-refractivity contribution in [3.05, 3.63) is 5.82 Å². The van der Waals surface area contributed by atoms with Crippen LogP contribution in [0.25, 0.3) is 0 Å². The number of aromatic amines is 1. The number of nitrogens with one attached hydrogen (secondary N) is 1. The van der Waals surface area contributed by atoms with E-state index in [1.54, 1.807) is 6.92 Å². The van der Waals surface area contributed by atoms with Crippen LogP contribution in [-0.4, -0.2) is 32.4 Å². The van der Waals surface area contributed by atoms with Gasteiger partial charge in [-0.3, -0.25) is 9.89 Å². The molecule has 0 saturated carbocycles. The van der Waals surface area contributed by atoms with E-state index in [1.807, 2.05) is 6.92 Å². The number of hydrogen-bond donors (Lipinski definition) is 3. The maximum Gasteiger partial charge on any atom is 0.237 e. The van der Waals surface area contributed by atoms with Crippen LogP contribution >= 0.6 is 11.8 Å². The van der Waals surface area contributed by atoms with Crippen LogP contribution < -0.4 is 11.5 Å². The number of thioether (sulfide) groups is 1. The molecule has 6 nitrogen and oxygen atoms in total. The molecule has 1 rings (SSSR count). The van der Waals surface area contributed by atoms with Gasteiger partial charge in [0.25, 0.3) is 0 Å². The molecule has 1 unspecified atom stereocenters. The Bertz CT molecular complexity index is 349. The molecule has 0 aliphatic rings. The van der Waals surface area contributed by atoms with Gasteiger partial charge in [-0.2, -0.15) is 0 Å². The summed E-state index contributed by atoms with van der Waals surface area (Å²) < 4.78 is 0. The van der Waals surface area contributed by atoms with E-state index >= 15 is 0 Å². The first-order valence-corrected chi connectivity index (χ1v) is 5.51. The molecule has 5 N–H and O–H groups in total. The summed E-state index contributed by atoms with van der Waals surface area (Å²) in [5.41, 5.74) is 9.88. The van der Waals surface area contributed by atoms with Crippen LogP contribution in [0.2, 0.25) is 0 Å². The van der Waals surface area contributed by atoms with Gasteiger partial charge in [0, 0.05) is 5.75 Å². The first-order valence-electron chi connectivity index (χ1n) is 4.52. The van der Waals surface area contributed by atoms with Gasteiger partial charge in [0.2, 0.25) is 11.1 Å². The Morgan fingerprint density at radius 1 is 1.67 bits per heavy atom. The fourth-order valence-electron chi connectivity index (χ4n) is 0.864. The minimum atomic E-state index is -0.960. The Balaban J connectivity index is 2.36. The molecule has 1 atom stereocenters. The predicted octanol–water partition coefficient (Wildman–Crippen LogP) is -0.202. The molecule has 0 aliphatic heterocycles. The molecule has 15 heavy (non-hydrogen) atoms. The standard InChI is InChI=1S/C8H15N5OS/c1-5-11-7(13-12-5)15-4-3-8(2,10)6(9)14/h3-4,10H2,1-2H3,(H2,9,14)(H,11,12,13). The van der Waals surface area contributed by atoms with Crippen LogP contribution in [0, 0.1) is 6.92 Å². The number of primary amides is 1. The number of carbonyl (C=O) groups excluding carboxylic acids is 1. The highest BCUT2D eigenvalue weighted by atomic mass is 32.2. The quantitative estimate of drug-likeness (QED) is 0.605. The number of aromatic nitrogens is 3. The van der Waals surface area contributed by atoms with Gasteiger partial charge in [-0.1, -0.05) is 11.8 Å². The predicted molar refractivity (Wildman–Crippen MR) is 58.2 cm³/mol. The molecule has 0 aromatic carbocycles. The highest BCUT2D eigenvalue weighted by molar-refractivity contribution is 7.99. The Kier molecular flexibility index (Phi) is 3.70. The van der Waals surface area contributed by atoms with Crippen LogP contribution in [0.3, 0.4) is 0 Å². The van der Waals surface area contributed by atoms with Gasteiger partial charge < -0.3 is 11.5 Å². The summed E-state index contributed by atoms with van der Waals surface area (Å²) in [6, 6.07) is 0. The van der Waals surface area contributed by atoms with E-state index in [4.69, 9.17) is 11.5 Å². The molecule has 1 amide bonds. The van der Waals surface area contributed by atoms with Crippen molar-refractivity contribution in [2.24, 2.45) is 11.5 Å². The number of H-pyrrole nitrogens is 1. The van der Waals surface area contributed by atoms with Crippen LogP contribution in [0.15, 0.2) is 5.16 Å². The fraction of sp³-hybridized carbons (Fsp3) is 0.625. The first-order chi connectivity index (χ1) is 6.92. The van der Waals surface area contributed by atoms with Crippen LogP contribution in [-0.2, 0) is 4.79 Å². The number of nitrogens with two attached hydrogens (primary N) is 2. The van der Waals surface area contributed by atoms with Crippen molar-refractivity contribution in [1.82, 2.24) is 15.2 Å². The Morgan fingerprint density at radius 3 is 2.80 bits per heavy atom. The molecule has 1 aromatic heterocycles. The molecule has 1 heterocycles. The SMILES string of the molecule is Cc1nc(SCCC(C)(N)C(N)=O)n[nH]1. The van der Waals surface area contributed by atoms with E-state index in [1.165, 1.54) is 11.8 Å². The van der Waals surface area contributed by atoms with E-state index in [2.05, 4.69) is 15.2 Å². The van der Waals surface area contributed by atoms with Gasteiger partial charge in [-0.05, 0) is 20.3 Å². The number of amides is 1.